The van der Waals surface area contributed by atoms with E-state index in [4.69, 9.17) is 5.26 Å². The van der Waals surface area contributed by atoms with Gasteiger partial charge in [0.1, 0.15) is 0 Å². The normalized spacial score (nSPS) is 9.78. The average Bonchev–Trinajstić information content (AvgIpc) is 2.46. The van der Waals surface area contributed by atoms with Gasteiger partial charge in [0.25, 0.3) is 0 Å². The van der Waals surface area contributed by atoms with Crippen LogP contribution in [0.5, 0.6) is 0 Å². The summed E-state index contributed by atoms with van der Waals surface area (Å²) in [4.78, 5) is 1.25. The standard InChI is InChI=1S/C15H14N2S/c1-18-15-4-2-3-14(9-15)17-11-13-7-5-12(10-16)6-8-13/h2-9,17H,11H2,1H3. The lowest BCUT2D eigenvalue weighted by Gasteiger charge is -2.07. The van der Waals surface area contributed by atoms with Crippen molar-refractivity contribution in [3.63, 3.8) is 0 Å². The summed E-state index contributed by atoms with van der Waals surface area (Å²) in [5.41, 5.74) is 2.98. The molecule has 90 valence electrons. The quantitative estimate of drug-likeness (QED) is 0.841. The highest BCUT2D eigenvalue weighted by atomic mass is 32.2. The van der Waals surface area contributed by atoms with Gasteiger partial charge < -0.3 is 5.32 Å². The van der Waals surface area contributed by atoms with E-state index in [2.05, 4.69) is 35.8 Å². The van der Waals surface area contributed by atoms with Crippen molar-refractivity contribution in [1.29, 1.82) is 5.26 Å². The fourth-order valence-electron chi connectivity index (χ4n) is 1.63. The molecule has 0 aliphatic rings. The molecule has 0 aliphatic carbocycles. The zero-order chi connectivity index (χ0) is 12.8. The molecule has 18 heavy (non-hydrogen) atoms. The summed E-state index contributed by atoms with van der Waals surface area (Å²) in [7, 11) is 0. The molecule has 2 nitrogen and oxygen atoms in total. The molecule has 2 rings (SSSR count). The van der Waals surface area contributed by atoms with Gasteiger partial charge in [0.05, 0.1) is 11.6 Å². The second kappa shape index (κ2) is 6.13. The van der Waals surface area contributed by atoms with Crippen LogP contribution < -0.4 is 5.32 Å². The van der Waals surface area contributed by atoms with Gasteiger partial charge in [-0.2, -0.15) is 5.26 Å². The van der Waals surface area contributed by atoms with E-state index in [1.807, 2.05) is 30.3 Å². The number of thioether (sulfide) groups is 1. The zero-order valence-corrected chi connectivity index (χ0v) is 11.0. The summed E-state index contributed by atoms with van der Waals surface area (Å²) >= 11 is 1.73. The Morgan fingerprint density at radius 3 is 2.61 bits per heavy atom. The summed E-state index contributed by atoms with van der Waals surface area (Å²) in [6.45, 7) is 0.767. The van der Waals surface area contributed by atoms with E-state index in [-0.39, 0.29) is 0 Å². The predicted molar refractivity (Wildman–Crippen MR) is 76.7 cm³/mol. The molecular weight excluding hydrogens is 240 g/mol. The lowest BCUT2D eigenvalue weighted by atomic mass is 10.1. The van der Waals surface area contributed by atoms with Gasteiger partial charge in [-0.1, -0.05) is 18.2 Å². The van der Waals surface area contributed by atoms with E-state index in [0.29, 0.717) is 5.56 Å². The minimum absolute atomic E-state index is 0.697. The molecule has 0 spiro atoms. The second-order valence-electron chi connectivity index (χ2n) is 3.89. The van der Waals surface area contributed by atoms with E-state index in [1.54, 1.807) is 11.8 Å². The molecule has 0 amide bonds. The maximum Gasteiger partial charge on any atom is 0.0991 e. The molecule has 0 aliphatic heterocycles. The lowest BCUT2D eigenvalue weighted by molar-refractivity contribution is 1.14. The highest BCUT2D eigenvalue weighted by molar-refractivity contribution is 7.98. The highest BCUT2D eigenvalue weighted by Crippen LogP contribution is 2.19. The van der Waals surface area contributed by atoms with Crippen molar-refractivity contribution in [3.8, 4) is 6.07 Å². The van der Waals surface area contributed by atoms with Gasteiger partial charge in [0.2, 0.25) is 0 Å². The first kappa shape index (κ1) is 12.5. The summed E-state index contributed by atoms with van der Waals surface area (Å²) in [6.07, 6.45) is 2.07. The molecule has 0 unspecified atom stereocenters. The van der Waals surface area contributed by atoms with Crippen LogP contribution in [0.25, 0.3) is 0 Å². The Hall–Kier alpha value is -1.92. The Labute approximate surface area is 112 Å². The van der Waals surface area contributed by atoms with Crippen LogP contribution in [-0.2, 0) is 6.54 Å². The van der Waals surface area contributed by atoms with Crippen molar-refractivity contribution in [2.24, 2.45) is 0 Å². The minimum Gasteiger partial charge on any atom is -0.381 e. The lowest BCUT2D eigenvalue weighted by Crippen LogP contribution is -1.99. The number of hydrogen-bond donors (Lipinski definition) is 1. The third-order valence-corrected chi connectivity index (χ3v) is 3.37. The van der Waals surface area contributed by atoms with Crippen molar-refractivity contribution >= 4 is 17.4 Å². The van der Waals surface area contributed by atoms with E-state index in [1.165, 1.54) is 10.5 Å². The van der Waals surface area contributed by atoms with Gasteiger partial charge in [-0.25, -0.2) is 0 Å². The Bertz CT molecular complexity index is 555. The number of nitriles is 1. The van der Waals surface area contributed by atoms with E-state index in [9.17, 15) is 0 Å². The van der Waals surface area contributed by atoms with Crippen LogP contribution in [0.15, 0.2) is 53.4 Å². The van der Waals surface area contributed by atoms with Crippen LogP contribution in [0.1, 0.15) is 11.1 Å². The van der Waals surface area contributed by atoms with Crippen LogP contribution in [0, 0.1) is 11.3 Å². The largest absolute Gasteiger partial charge is 0.381 e. The topological polar surface area (TPSA) is 35.8 Å². The molecular formula is C15H14N2S. The summed E-state index contributed by atoms with van der Waals surface area (Å²) in [5, 5.41) is 12.1. The van der Waals surface area contributed by atoms with Crippen LogP contribution in [0.4, 0.5) is 5.69 Å². The SMILES string of the molecule is CSc1cccc(NCc2ccc(C#N)cc2)c1. The molecule has 0 saturated carbocycles. The molecule has 0 aromatic heterocycles. The molecule has 1 N–H and O–H groups in total. The van der Waals surface area contributed by atoms with Crippen LogP contribution >= 0.6 is 11.8 Å². The molecule has 0 heterocycles. The number of benzene rings is 2. The predicted octanol–water partition coefficient (Wildman–Crippen LogP) is 3.89. The maximum absolute atomic E-state index is 8.73. The number of hydrogen-bond acceptors (Lipinski definition) is 3. The van der Waals surface area contributed by atoms with Crippen LogP contribution in [-0.4, -0.2) is 6.26 Å². The monoisotopic (exact) mass is 254 g/mol. The second-order valence-corrected chi connectivity index (χ2v) is 4.77. The van der Waals surface area contributed by atoms with E-state index < -0.39 is 0 Å². The van der Waals surface area contributed by atoms with E-state index in [0.717, 1.165) is 12.2 Å². The van der Waals surface area contributed by atoms with Crippen LogP contribution in [0.3, 0.4) is 0 Å². The fourth-order valence-corrected chi connectivity index (χ4v) is 2.09. The molecule has 0 atom stereocenters. The molecule has 2 aromatic carbocycles. The molecule has 3 heteroatoms. The molecule has 0 radical (unpaired) electrons. The first-order valence-corrected chi connectivity index (χ1v) is 6.91. The van der Waals surface area contributed by atoms with Crippen molar-refractivity contribution in [2.75, 3.05) is 11.6 Å². The minimum atomic E-state index is 0.697. The molecule has 0 bridgehead atoms. The summed E-state index contributed by atoms with van der Waals surface area (Å²) < 4.78 is 0. The molecule has 2 aromatic rings. The van der Waals surface area contributed by atoms with Crippen molar-refractivity contribution in [1.82, 2.24) is 0 Å². The maximum atomic E-state index is 8.73. The van der Waals surface area contributed by atoms with Crippen molar-refractivity contribution in [2.45, 2.75) is 11.4 Å². The number of nitrogens with zero attached hydrogens (tertiary/aromatic N) is 1. The number of rotatable bonds is 4. The third kappa shape index (κ3) is 3.28. The van der Waals surface area contributed by atoms with Crippen molar-refractivity contribution < 1.29 is 0 Å². The Kier molecular flexibility index (Phi) is 4.27. The smallest absolute Gasteiger partial charge is 0.0991 e. The van der Waals surface area contributed by atoms with Gasteiger partial charge >= 0.3 is 0 Å². The summed E-state index contributed by atoms with van der Waals surface area (Å²) in [5.74, 6) is 0. The molecule has 0 saturated heterocycles. The van der Waals surface area contributed by atoms with Gasteiger partial charge in [-0.15, -0.1) is 11.8 Å². The van der Waals surface area contributed by atoms with Gasteiger partial charge in [-0.3, -0.25) is 0 Å². The zero-order valence-electron chi connectivity index (χ0n) is 10.2. The van der Waals surface area contributed by atoms with Gasteiger partial charge in [0, 0.05) is 17.1 Å². The first-order chi connectivity index (χ1) is 8.81. The fraction of sp³-hybridized carbons (Fsp3) is 0.133. The molecule has 0 fully saturated rings. The number of nitrogens with one attached hydrogen (secondary N) is 1. The van der Waals surface area contributed by atoms with Gasteiger partial charge in [-0.05, 0) is 42.2 Å². The summed E-state index contributed by atoms with van der Waals surface area (Å²) in [6, 6.07) is 18.1. The van der Waals surface area contributed by atoms with Crippen molar-refractivity contribution in [3.05, 3.63) is 59.7 Å². The first-order valence-electron chi connectivity index (χ1n) is 5.69. The number of anilines is 1. The average molecular weight is 254 g/mol. The Balaban J connectivity index is 2.00. The Morgan fingerprint density at radius 1 is 1.17 bits per heavy atom. The highest BCUT2D eigenvalue weighted by Gasteiger charge is 1.96. The Morgan fingerprint density at radius 2 is 1.94 bits per heavy atom. The third-order valence-electron chi connectivity index (χ3n) is 2.65. The van der Waals surface area contributed by atoms with E-state index >= 15 is 0 Å². The van der Waals surface area contributed by atoms with Crippen LogP contribution in [0.2, 0.25) is 0 Å². The van der Waals surface area contributed by atoms with Gasteiger partial charge in [0.15, 0.2) is 0 Å².